The molecule has 3 aromatic rings. The summed E-state index contributed by atoms with van der Waals surface area (Å²) in [7, 11) is 3.07. The maximum Gasteiger partial charge on any atom is 0.255 e. The Hall–Kier alpha value is -3.94. The Labute approximate surface area is 199 Å². The summed E-state index contributed by atoms with van der Waals surface area (Å²) in [6, 6.07) is 19.5. The number of hydrogen-bond donors (Lipinski definition) is 4. The first-order valence-corrected chi connectivity index (χ1v) is 10.8. The number of nitrogen functional groups attached to an aromatic ring is 1. The van der Waals surface area contributed by atoms with Gasteiger partial charge < -0.3 is 31.0 Å². The van der Waals surface area contributed by atoms with Gasteiger partial charge in [-0.05, 0) is 41.0 Å². The molecule has 1 amide bonds. The highest BCUT2D eigenvalue weighted by Crippen LogP contribution is 2.30. The Bertz CT molecular complexity index is 1180. The number of nitrogens with two attached hydrogens (primary N) is 1. The third-order valence-electron chi connectivity index (χ3n) is 5.30. The molecule has 3 aromatic carbocycles. The van der Waals surface area contributed by atoms with E-state index in [0.717, 1.165) is 16.7 Å². The minimum atomic E-state index is -0.585. The molecule has 34 heavy (non-hydrogen) atoms. The van der Waals surface area contributed by atoms with Crippen LogP contribution >= 0.6 is 0 Å². The fourth-order valence-corrected chi connectivity index (χ4v) is 3.64. The van der Waals surface area contributed by atoms with Crippen LogP contribution in [-0.2, 0) is 11.3 Å². The number of anilines is 1. The lowest BCUT2D eigenvalue weighted by molar-refractivity contribution is 0.0913. The predicted octanol–water partition coefficient (Wildman–Crippen LogP) is 3.97. The molecule has 0 aliphatic rings. The number of aliphatic hydroxyl groups excluding tert-OH is 1. The van der Waals surface area contributed by atoms with Crippen molar-refractivity contribution < 1.29 is 19.4 Å². The Morgan fingerprint density at radius 1 is 1.12 bits per heavy atom. The number of benzene rings is 3. The second-order valence-electron chi connectivity index (χ2n) is 7.65. The van der Waals surface area contributed by atoms with Gasteiger partial charge >= 0.3 is 0 Å². The van der Waals surface area contributed by atoms with Crippen LogP contribution in [0.15, 0.2) is 72.8 Å². The fraction of sp³-hybridized carbons (Fsp3) is 0.185. The van der Waals surface area contributed by atoms with E-state index in [1.54, 1.807) is 31.4 Å². The molecule has 3 rings (SSSR count). The molecule has 0 spiro atoms. The van der Waals surface area contributed by atoms with Crippen LogP contribution in [0.4, 0.5) is 5.69 Å². The van der Waals surface area contributed by atoms with E-state index in [9.17, 15) is 9.90 Å². The van der Waals surface area contributed by atoms with E-state index in [2.05, 4.69) is 5.32 Å². The topological polar surface area (TPSA) is 118 Å². The molecule has 0 aromatic heterocycles. The molecule has 7 nitrogen and oxygen atoms in total. The first kappa shape index (κ1) is 24.7. The molecule has 5 N–H and O–H groups in total. The van der Waals surface area contributed by atoms with Gasteiger partial charge in [0.25, 0.3) is 5.91 Å². The smallest absolute Gasteiger partial charge is 0.255 e. The van der Waals surface area contributed by atoms with Gasteiger partial charge in [0.2, 0.25) is 0 Å². The number of nitrogens with one attached hydrogen (secondary N) is 2. The summed E-state index contributed by atoms with van der Waals surface area (Å²) in [4.78, 5) is 13.1. The normalized spacial score (nSPS) is 11.9. The summed E-state index contributed by atoms with van der Waals surface area (Å²) in [5, 5.41) is 21.2. The Balaban J connectivity index is 1.88. The number of amides is 1. The number of hydrogen-bond acceptors (Lipinski definition) is 6. The summed E-state index contributed by atoms with van der Waals surface area (Å²) < 4.78 is 10.7. The van der Waals surface area contributed by atoms with Gasteiger partial charge in [-0.3, -0.25) is 4.79 Å². The molecule has 0 saturated carbocycles. The van der Waals surface area contributed by atoms with Crippen LogP contribution in [0.3, 0.4) is 0 Å². The second kappa shape index (κ2) is 11.8. The monoisotopic (exact) mass is 459 g/mol. The first-order chi connectivity index (χ1) is 16.5. The zero-order chi connectivity index (χ0) is 24.5. The first-order valence-electron chi connectivity index (χ1n) is 10.8. The molecule has 0 fully saturated rings. The van der Waals surface area contributed by atoms with Crippen molar-refractivity contribution in [1.29, 1.82) is 5.41 Å². The zero-order valence-electron chi connectivity index (χ0n) is 19.2. The number of ether oxygens (including phenoxy) is 2. The van der Waals surface area contributed by atoms with Gasteiger partial charge in [-0.15, -0.1) is 0 Å². The van der Waals surface area contributed by atoms with Crippen molar-refractivity contribution in [3.05, 3.63) is 101 Å². The van der Waals surface area contributed by atoms with E-state index in [1.807, 2.05) is 54.6 Å². The predicted molar refractivity (Wildman–Crippen MR) is 134 cm³/mol. The average molecular weight is 460 g/mol. The summed E-state index contributed by atoms with van der Waals surface area (Å²) in [5.41, 5.74) is 9.83. The minimum Gasteiger partial charge on any atom is -0.495 e. The van der Waals surface area contributed by atoms with Gasteiger partial charge in [-0.25, -0.2) is 0 Å². The molecule has 176 valence electrons. The van der Waals surface area contributed by atoms with Crippen LogP contribution in [0.1, 0.15) is 38.7 Å². The third kappa shape index (κ3) is 5.89. The largest absolute Gasteiger partial charge is 0.495 e. The van der Waals surface area contributed by atoms with Crippen molar-refractivity contribution in [2.45, 2.75) is 12.6 Å². The highest BCUT2D eigenvalue weighted by molar-refractivity contribution is 6.15. The summed E-state index contributed by atoms with van der Waals surface area (Å²) in [6.07, 6.45) is 3.41. The van der Waals surface area contributed by atoms with Crippen LogP contribution in [-0.4, -0.2) is 37.6 Å². The maximum absolute atomic E-state index is 13.1. The third-order valence-corrected chi connectivity index (χ3v) is 5.30. The molecule has 0 heterocycles. The van der Waals surface area contributed by atoms with Gasteiger partial charge in [0.1, 0.15) is 5.75 Å². The lowest BCUT2D eigenvalue weighted by Gasteiger charge is -2.19. The fourth-order valence-electron chi connectivity index (χ4n) is 3.64. The van der Waals surface area contributed by atoms with Crippen molar-refractivity contribution in [2.24, 2.45) is 0 Å². The molecule has 1 atom stereocenters. The lowest BCUT2D eigenvalue weighted by atomic mass is 10.00. The van der Waals surface area contributed by atoms with E-state index in [0.29, 0.717) is 17.9 Å². The van der Waals surface area contributed by atoms with E-state index in [1.165, 1.54) is 7.11 Å². The zero-order valence-corrected chi connectivity index (χ0v) is 19.2. The Morgan fingerprint density at radius 2 is 1.88 bits per heavy atom. The lowest BCUT2D eigenvalue weighted by Crippen LogP contribution is -2.31. The van der Waals surface area contributed by atoms with Crippen molar-refractivity contribution in [2.75, 3.05) is 26.6 Å². The molecular formula is C27H29N3O4. The highest BCUT2D eigenvalue weighted by atomic mass is 16.5. The number of carbonyl (C=O) groups is 1. The van der Waals surface area contributed by atoms with Gasteiger partial charge in [-0.1, -0.05) is 54.6 Å². The van der Waals surface area contributed by atoms with E-state index in [-0.39, 0.29) is 23.6 Å². The van der Waals surface area contributed by atoms with E-state index >= 15 is 0 Å². The summed E-state index contributed by atoms with van der Waals surface area (Å²) >= 11 is 0. The number of carbonyl (C=O) groups excluding carboxylic acids is 1. The quantitative estimate of drug-likeness (QED) is 0.270. The van der Waals surface area contributed by atoms with E-state index in [4.69, 9.17) is 20.6 Å². The van der Waals surface area contributed by atoms with Crippen LogP contribution in [0.2, 0.25) is 0 Å². The average Bonchev–Trinajstić information content (AvgIpc) is 2.86. The standard InChI is InChI=1S/C27H29N3O4/c1-33-17-19-8-6-7-18(15-19)11-13-22(28)25-23(29)14-12-21(26(25)34-2)27(32)30-24(16-31)20-9-4-3-5-10-20/h3-15,24,28,31H,16-17,29H2,1-2H3,(H,30,32)/b13-11+,28-22?/t24-/m1/s1. The van der Waals surface area contributed by atoms with E-state index < -0.39 is 11.9 Å². The molecule has 7 heteroatoms. The van der Waals surface area contributed by atoms with Gasteiger partial charge in [0.05, 0.1) is 43.2 Å². The highest BCUT2D eigenvalue weighted by Gasteiger charge is 2.22. The number of aliphatic hydroxyl groups is 1. The van der Waals surface area contributed by atoms with Crippen LogP contribution in [0, 0.1) is 5.41 Å². The molecule has 0 unspecified atom stereocenters. The molecule has 0 aliphatic carbocycles. The van der Waals surface area contributed by atoms with Gasteiger partial charge in [0, 0.05) is 12.8 Å². The second-order valence-corrected chi connectivity index (χ2v) is 7.65. The van der Waals surface area contributed by atoms with Crippen molar-refractivity contribution in [1.82, 2.24) is 5.32 Å². The molecule has 0 bridgehead atoms. The van der Waals surface area contributed by atoms with Crippen LogP contribution < -0.4 is 15.8 Å². The Morgan fingerprint density at radius 3 is 2.56 bits per heavy atom. The molecule has 0 radical (unpaired) electrons. The Kier molecular flexibility index (Phi) is 8.56. The van der Waals surface area contributed by atoms with Gasteiger partial charge in [-0.2, -0.15) is 0 Å². The van der Waals surface area contributed by atoms with Crippen molar-refractivity contribution >= 4 is 23.4 Å². The minimum absolute atomic E-state index is 0.0999. The SMILES string of the molecule is COCc1cccc(/C=C/C(=N)c2c(N)ccc(C(=O)N[C@H](CO)c3ccccc3)c2OC)c1. The molecular weight excluding hydrogens is 430 g/mol. The number of allylic oxidation sites excluding steroid dienone is 1. The molecule has 0 aliphatic heterocycles. The van der Waals surface area contributed by atoms with Crippen LogP contribution in [0.25, 0.3) is 6.08 Å². The van der Waals surface area contributed by atoms with Crippen molar-refractivity contribution in [3.63, 3.8) is 0 Å². The number of rotatable bonds is 10. The van der Waals surface area contributed by atoms with Crippen molar-refractivity contribution in [3.8, 4) is 5.75 Å². The summed E-state index contributed by atoms with van der Waals surface area (Å²) in [5.74, 6) is -0.241. The maximum atomic E-state index is 13.1. The van der Waals surface area contributed by atoms with Gasteiger partial charge in [0.15, 0.2) is 0 Å². The number of methoxy groups -OCH3 is 2. The molecule has 0 saturated heterocycles. The summed E-state index contributed by atoms with van der Waals surface area (Å²) in [6.45, 7) is 0.232. The van der Waals surface area contributed by atoms with Crippen LogP contribution in [0.5, 0.6) is 5.75 Å².